The van der Waals surface area contributed by atoms with Gasteiger partial charge in [0.05, 0.1) is 5.56 Å². The number of benzene rings is 1. The van der Waals surface area contributed by atoms with Crippen molar-refractivity contribution in [3.05, 3.63) is 23.8 Å². The highest BCUT2D eigenvalue weighted by Gasteiger charge is 2.17. The SMILES string of the molecule is CC(C)(C)OC(=O)CNc1ccc(O)cc1C(=O)O. The van der Waals surface area contributed by atoms with Gasteiger partial charge >= 0.3 is 11.9 Å². The number of nitrogens with one attached hydrogen (secondary N) is 1. The van der Waals surface area contributed by atoms with Gasteiger partial charge in [0.25, 0.3) is 0 Å². The van der Waals surface area contributed by atoms with Gasteiger partial charge in [0, 0.05) is 5.69 Å². The highest BCUT2D eigenvalue weighted by atomic mass is 16.6. The lowest BCUT2D eigenvalue weighted by atomic mass is 10.1. The number of carbonyl (C=O) groups excluding carboxylic acids is 1. The molecule has 0 spiro atoms. The van der Waals surface area contributed by atoms with E-state index in [1.807, 2.05) is 0 Å². The minimum Gasteiger partial charge on any atom is -0.508 e. The molecule has 0 saturated heterocycles. The number of hydrogen-bond acceptors (Lipinski definition) is 5. The maximum Gasteiger partial charge on any atom is 0.337 e. The molecule has 0 amide bonds. The molecule has 0 bridgehead atoms. The van der Waals surface area contributed by atoms with Gasteiger partial charge in [-0.15, -0.1) is 0 Å². The van der Waals surface area contributed by atoms with E-state index in [1.54, 1.807) is 20.8 Å². The Bertz CT molecular complexity index is 490. The van der Waals surface area contributed by atoms with Crippen LogP contribution in [0.25, 0.3) is 0 Å². The van der Waals surface area contributed by atoms with Crippen LogP contribution in [-0.2, 0) is 9.53 Å². The molecule has 0 saturated carbocycles. The second-order valence-electron chi connectivity index (χ2n) is 4.98. The maximum absolute atomic E-state index is 11.5. The van der Waals surface area contributed by atoms with Crippen molar-refractivity contribution in [1.82, 2.24) is 0 Å². The molecule has 0 aliphatic rings. The van der Waals surface area contributed by atoms with E-state index in [2.05, 4.69) is 5.32 Å². The van der Waals surface area contributed by atoms with Crippen LogP contribution in [-0.4, -0.2) is 34.3 Å². The maximum atomic E-state index is 11.5. The number of phenols is 1. The van der Waals surface area contributed by atoms with E-state index in [4.69, 9.17) is 9.84 Å². The molecular formula is C13H17NO5. The Kier molecular flexibility index (Phi) is 4.37. The van der Waals surface area contributed by atoms with Crippen LogP contribution in [0.5, 0.6) is 5.75 Å². The summed E-state index contributed by atoms with van der Waals surface area (Å²) >= 11 is 0. The number of aromatic hydroxyl groups is 1. The summed E-state index contributed by atoms with van der Waals surface area (Å²) < 4.78 is 5.09. The predicted octanol–water partition coefficient (Wildman–Crippen LogP) is 1.84. The van der Waals surface area contributed by atoms with Crippen LogP contribution in [0.2, 0.25) is 0 Å². The van der Waals surface area contributed by atoms with Crippen molar-refractivity contribution in [2.75, 3.05) is 11.9 Å². The lowest BCUT2D eigenvalue weighted by molar-refractivity contribution is -0.152. The van der Waals surface area contributed by atoms with Gasteiger partial charge in [-0.2, -0.15) is 0 Å². The smallest absolute Gasteiger partial charge is 0.337 e. The van der Waals surface area contributed by atoms with Crippen molar-refractivity contribution in [2.24, 2.45) is 0 Å². The summed E-state index contributed by atoms with van der Waals surface area (Å²) in [5.74, 6) is -1.83. The van der Waals surface area contributed by atoms with Crippen LogP contribution in [0, 0.1) is 0 Å². The van der Waals surface area contributed by atoms with Gasteiger partial charge in [0.2, 0.25) is 0 Å². The fourth-order valence-corrected chi connectivity index (χ4v) is 1.41. The summed E-state index contributed by atoms with van der Waals surface area (Å²) in [7, 11) is 0. The Morgan fingerprint density at radius 3 is 2.47 bits per heavy atom. The third-order valence-corrected chi connectivity index (χ3v) is 2.08. The number of carboxylic acid groups (broad SMARTS) is 1. The number of esters is 1. The van der Waals surface area contributed by atoms with Crippen molar-refractivity contribution in [2.45, 2.75) is 26.4 Å². The number of phenolic OH excluding ortho intramolecular Hbond substituents is 1. The van der Waals surface area contributed by atoms with Crippen LogP contribution in [0.1, 0.15) is 31.1 Å². The van der Waals surface area contributed by atoms with Gasteiger partial charge in [-0.3, -0.25) is 4.79 Å². The number of hydrogen-bond donors (Lipinski definition) is 3. The largest absolute Gasteiger partial charge is 0.508 e. The van der Waals surface area contributed by atoms with Crippen LogP contribution in [0.4, 0.5) is 5.69 Å². The second kappa shape index (κ2) is 5.60. The van der Waals surface area contributed by atoms with Crippen molar-refractivity contribution in [1.29, 1.82) is 0 Å². The zero-order valence-electron chi connectivity index (χ0n) is 11.1. The zero-order valence-corrected chi connectivity index (χ0v) is 11.1. The first-order chi connectivity index (χ1) is 8.69. The quantitative estimate of drug-likeness (QED) is 0.569. The third kappa shape index (κ3) is 4.87. The zero-order chi connectivity index (χ0) is 14.6. The summed E-state index contributed by atoms with van der Waals surface area (Å²) in [4.78, 5) is 22.5. The van der Waals surface area contributed by atoms with E-state index < -0.39 is 17.5 Å². The molecule has 0 heterocycles. The number of ether oxygens (including phenoxy) is 1. The van der Waals surface area contributed by atoms with Crippen molar-refractivity contribution >= 4 is 17.6 Å². The second-order valence-corrected chi connectivity index (χ2v) is 4.98. The van der Waals surface area contributed by atoms with Gasteiger partial charge in [0.15, 0.2) is 0 Å². The highest BCUT2D eigenvalue weighted by molar-refractivity contribution is 5.95. The molecule has 0 aliphatic heterocycles. The van der Waals surface area contributed by atoms with Crippen LogP contribution in [0.3, 0.4) is 0 Å². The van der Waals surface area contributed by atoms with Crippen LogP contribution in [0.15, 0.2) is 18.2 Å². The Labute approximate surface area is 111 Å². The molecule has 104 valence electrons. The molecule has 3 N–H and O–H groups in total. The summed E-state index contributed by atoms with van der Waals surface area (Å²) in [6, 6.07) is 3.84. The molecule has 0 atom stereocenters. The van der Waals surface area contributed by atoms with Crippen molar-refractivity contribution < 1.29 is 24.5 Å². The number of rotatable bonds is 4. The number of carbonyl (C=O) groups is 2. The fraction of sp³-hybridized carbons (Fsp3) is 0.385. The van der Waals surface area contributed by atoms with E-state index in [0.29, 0.717) is 0 Å². The summed E-state index contributed by atoms with van der Waals surface area (Å²) in [6.45, 7) is 5.08. The van der Waals surface area contributed by atoms with E-state index in [9.17, 15) is 14.7 Å². The first kappa shape index (κ1) is 14.8. The molecule has 0 fully saturated rings. The normalized spacial score (nSPS) is 10.9. The van der Waals surface area contributed by atoms with Crippen molar-refractivity contribution in [3.8, 4) is 5.75 Å². The van der Waals surface area contributed by atoms with Gasteiger partial charge in [-0.1, -0.05) is 0 Å². The predicted molar refractivity (Wildman–Crippen MR) is 69.4 cm³/mol. The van der Waals surface area contributed by atoms with E-state index in [1.165, 1.54) is 12.1 Å². The molecule has 1 aromatic carbocycles. The number of anilines is 1. The fourth-order valence-electron chi connectivity index (χ4n) is 1.41. The summed E-state index contributed by atoms with van der Waals surface area (Å²) in [5, 5.41) is 20.9. The molecule has 19 heavy (non-hydrogen) atoms. The molecule has 6 nitrogen and oxygen atoms in total. The molecule has 0 radical (unpaired) electrons. The average Bonchev–Trinajstić information content (AvgIpc) is 2.24. The van der Waals surface area contributed by atoms with Crippen LogP contribution < -0.4 is 5.32 Å². The third-order valence-electron chi connectivity index (χ3n) is 2.08. The average molecular weight is 267 g/mol. The Hall–Kier alpha value is -2.24. The molecule has 1 aromatic rings. The van der Waals surface area contributed by atoms with Gasteiger partial charge < -0.3 is 20.3 Å². The van der Waals surface area contributed by atoms with E-state index >= 15 is 0 Å². The summed E-state index contributed by atoms with van der Waals surface area (Å²) in [6.07, 6.45) is 0. The Balaban J connectivity index is 2.73. The molecule has 0 aromatic heterocycles. The number of carboxylic acids is 1. The first-order valence-electron chi connectivity index (χ1n) is 5.71. The van der Waals surface area contributed by atoms with Crippen LogP contribution >= 0.6 is 0 Å². The molecule has 1 rings (SSSR count). The van der Waals surface area contributed by atoms with Gasteiger partial charge in [-0.25, -0.2) is 4.79 Å². The molecular weight excluding hydrogens is 250 g/mol. The highest BCUT2D eigenvalue weighted by Crippen LogP contribution is 2.21. The summed E-state index contributed by atoms with van der Waals surface area (Å²) in [5.41, 5.74) is -0.455. The minimum atomic E-state index is -1.19. The Morgan fingerprint density at radius 2 is 1.95 bits per heavy atom. The topological polar surface area (TPSA) is 95.9 Å². The molecule has 6 heteroatoms. The van der Waals surface area contributed by atoms with E-state index in [0.717, 1.165) is 6.07 Å². The monoisotopic (exact) mass is 267 g/mol. The van der Waals surface area contributed by atoms with Gasteiger partial charge in [0.1, 0.15) is 17.9 Å². The van der Waals surface area contributed by atoms with Gasteiger partial charge in [-0.05, 0) is 39.0 Å². The number of aromatic carboxylic acids is 1. The standard InChI is InChI=1S/C13H17NO5/c1-13(2,3)19-11(16)7-14-10-5-4-8(15)6-9(10)12(17)18/h4-6,14-15H,7H2,1-3H3,(H,17,18). The lowest BCUT2D eigenvalue weighted by Gasteiger charge is -2.20. The lowest BCUT2D eigenvalue weighted by Crippen LogP contribution is -2.28. The van der Waals surface area contributed by atoms with E-state index in [-0.39, 0.29) is 23.5 Å². The molecule has 0 aliphatic carbocycles. The van der Waals surface area contributed by atoms with Crippen molar-refractivity contribution in [3.63, 3.8) is 0 Å². The Morgan fingerprint density at radius 1 is 1.32 bits per heavy atom. The minimum absolute atomic E-state index is 0.108. The molecule has 0 unspecified atom stereocenters. The first-order valence-corrected chi connectivity index (χ1v) is 5.71.